The average molecular weight is 359 g/mol. The summed E-state index contributed by atoms with van der Waals surface area (Å²) in [5.41, 5.74) is 0.746. The van der Waals surface area contributed by atoms with Crippen LogP contribution in [0.15, 0.2) is 18.3 Å². The van der Waals surface area contributed by atoms with Crippen LogP contribution in [0, 0.1) is 0 Å². The Morgan fingerprint density at radius 1 is 1.14 bits per heavy atom. The first-order valence-electron chi connectivity index (χ1n) is 6.96. The number of hydrogen-bond donors (Lipinski definition) is 1. The quantitative estimate of drug-likeness (QED) is 0.493. The monoisotopic (exact) mass is 359 g/mol. The third kappa shape index (κ3) is 3.47. The normalized spacial score (nSPS) is 22.6. The molecule has 22 heavy (non-hydrogen) atoms. The maximum absolute atomic E-state index is 10.6. The van der Waals surface area contributed by atoms with Crippen LogP contribution in [-0.2, 0) is 13.6 Å². The van der Waals surface area contributed by atoms with Gasteiger partial charge in [-0.3, -0.25) is 4.98 Å². The Morgan fingerprint density at radius 2 is 1.73 bits per heavy atom. The number of hydrogen-bond acceptors (Lipinski definition) is 7. The van der Waals surface area contributed by atoms with Crippen LogP contribution in [0.5, 0.6) is 0 Å². The lowest BCUT2D eigenvalue weighted by Gasteiger charge is -2.32. The van der Waals surface area contributed by atoms with Gasteiger partial charge < -0.3 is 14.4 Å². The van der Waals surface area contributed by atoms with Gasteiger partial charge >= 0.3 is 7.12 Å². The molecule has 1 aliphatic heterocycles. The molecule has 1 atom stereocenters. The molecule has 1 unspecified atom stereocenters. The molecule has 122 valence electrons. The van der Waals surface area contributed by atoms with Crippen molar-refractivity contribution < 1.29 is 14.4 Å². The highest BCUT2D eigenvalue weighted by Gasteiger charge is 2.51. The minimum Gasteiger partial charge on any atom is -0.399 e. The van der Waals surface area contributed by atoms with E-state index in [0.29, 0.717) is 5.69 Å². The van der Waals surface area contributed by atoms with E-state index in [0.717, 1.165) is 5.46 Å². The zero-order valence-electron chi connectivity index (χ0n) is 13.7. The van der Waals surface area contributed by atoms with E-state index in [2.05, 4.69) is 4.98 Å². The lowest BCUT2D eigenvalue weighted by molar-refractivity contribution is 0.00578. The second-order valence-electron chi connectivity index (χ2n) is 6.10. The summed E-state index contributed by atoms with van der Waals surface area (Å²) in [5.74, 6) is 0. The van der Waals surface area contributed by atoms with Gasteiger partial charge in [0.25, 0.3) is 0 Å². The van der Waals surface area contributed by atoms with Crippen LogP contribution in [-0.4, -0.2) is 40.9 Å². The number of aliphatic hydroxyl groups is 1. The molecule has 1 aromatic rings. The van der Waals surface area contributed by atoms with E-state index in [1.807, 2.05) is 52.3 Å². The van der Waals surface area contributed by atoms with Crippen molar-refractivity contribution in [3.8, 4) is 0 Å². The Kier molecular flexibility index (Phi) is 5.52. The number of rotatable bonds is 5. The molecule has 1 fully saturated rings. The van der Waals surface area contributed by atoms with Gasteiger partial charge in [0.2, 0.25) is 4.27 Å². The smallest absolute Gasteiger partial charge is 0.399 e. The van der Waals surface area contributed by atoms with Crippen molar-refractivity contribution in [2.75, 3.05) is 12.5 Å². The first-order chi connectivity index (χ1) is 10.1. The number of nitrogens with zero attached hydrogens (tertiary/aromatic N) is 1. The van der Waals surface area contributed by atoms with Crippen molar-refractivity contribution in [2.24, 2.45) is 0 Å². The fourth-order valence-electron chi connectivity index (χ4n) is 2.00. The summed E-state index contributed by atoms with van der Waals surface area (Å²) in [5, 5.41) is 10.6. The zero-order valence-corrected chi connectivity index (χ0v) is 16.2. The highest BCUT2D eigenvalue weighted by molar-refractivity contribution is 8.78. The Hall–Kier alpha value is 0.145. The van der Waals surface area contributed by atoms with E-state index in [1.165, 1.54) is 33.3 Å². The summed E-state index contributed by atoms with van der Waals surface area (Å²) in [6.07, 6.45) is 5.52. The molecule has 0 spiro atoms. The third-order valence-electron chi connectivity index (χ3n) is 4.11. The molecule has 1 aliphatic rings. The molecule has 0 aliphatic carbocycles. The summed E-state index contributed by atoms with van der Waals surface area (Å²) in [4.78, 5) is 4.42. The van der Waals surface area contributed by atoms with Gasteiger partial charge in [-0.15, -0.1) is 11.8 Å². The second kappa shape index (κ2) is 6.57. The lowest BCUT2D eigenvalue weighted by atomic mass is 9.80. The van der Waals surface area contributed by atoms with Gasteiger partial charge in [-0.1, -0.05) is 16.9 Å². The van der Waals surface area contributed by atoms with Gasteiger partial charge in [0.15, 0.2) is 0 Å². The van der Waals surface area contributed by atoms with Crippen LogP contribution >= 0.6 is 33.3 Å². The molecule has 8 heteroatoms. The highest BCUT2D eigenvalue weighted by Crippen LogP contribution is 2.46. The highest BCUT2D eigenvalue weighted by atomic mass is 33.1. The fraction of sp³-hybridized carbons (Fsp3) is 0.643. The van der Waals surface area contributed by atoms with E-state index in [-0.39, 0.29) is 11.2 Å². The second-order valence-corrected chi connectivity index (χ2v) is 9.95. The van der Waals surface area contributed by atoms with Crippen LogP contribution < -0.4 is 5.46 Å². The predicted molar refractivity (Wildman–Crippen MR) is 98.5 cm³/mol. The lowest BCUT2D eigenvalue weighted by Crippen LogP contribution is -2.41. The maximum atomic E-state index is 10.6. The van der Waals surface area contributed by atoms with Crippen LogP contribution in [0.4, 0.5) is 0 Å². The van der Waals surface area contributed by atoms with Crippen molar-refractivity contribution in [1.82, 2.24) is 4.98 Å². The number of thioether (sulfide) groups is 1. The molecule has 2 heterocycles. The van der Waals surface area contributed by atoms with Crippen LogP contribution in [0.25, 0.3) is 0 Å². The molecule has 1 saturated heterocycles. The van der Waals surface area contributed by atoms with Crippen molar-refractivity contribution in [2.45, 2.75) is 43.2 Å². The molecule has 0 aromatic carbocycles. The van der Waals surface area contributed by atoms with Gasteiger partial charge in [-0.25, -0.2) is 0 Å². The molecule has 0 radical (unpaired) electrons. The standard InChI is InChI=1S/C14H22BNO3S3/c1-12(2)13(3,4)19-15(18-12)10-7-8-11(16-9-10)14(17,20-5)22-21-6/h7-9,17H,1-6H3. The topological polar surface area (TPSA) is 51.6 Å². The third-order valence-corrected chi connectivity index (χ3v) is 7.76. The van der Waals surface area contributed by atoms with Crippen LogP contribution in [0.2, 0.25) is 0 Å². The first kappa shape index (κ1) is 18.5. The zero-order chi connectivity index (χ0) is 16.6. The van der Waals surface area contributed by atoms with Gasteiger partial charge in [-0.05, 0) is 57.1 Å². The van der Waals surface area contributed by atoms with Crippen molar-refractivity contribution in [1.29, 1.82) is 0 Å². The molecule has 4 nitrogen and oxygen atoms in total. The van der Waals surface area contributed by atoms with Gasteiger partial charge in [0.1, 0.15) is 0 Å². The first-order valence-corrected chi connectivity index (χ1v) is 10.7. The summed E-state index contributed by atoms with van der Waals surface area (Å²) < 4.78 is 11.0. The average Bonchev–Trinajstić information content (AvgIpc) is 2.68. The summed E-state index contributed by atoms with van der Waals surface area (Å²) in [6, 6.07) is 3.74. The SMILES string of the molecule is CSSC(O)(SC)c1ccc(B2OC(C)(C)C(C)(C)O2)cn1. The Morgan fingerprint density at radius 3 is 2.14 bits per heavy atom. The van der Waals surface area contributed by atoms with Gasteiger partial charge in [-0.2, -0.15) is 0 Å². The predicted octanol–water partition coefficient (Wildman–Crippen LogP) is 2.86. The Bertz CT molecular complexity index is 511. The van der Waals surface area contributed by atoms with E-state index in [4.69, 9.17) is 9.31 Å². The van der Waals surface area contributed by atoms with E-state index >= 15 is 0 Å². The van der Waals surface area contributed by atoms with Gasteiger partial charge in [0, 0.05) is 11.7 Å². The minimum atomic E-state index is -1.05. The number of aromatic nitrogens is 1. The summed E-state index contributed by atoms with van der Waals surface area (Å²) in [6.45, 7) is 8.10. The van der Waals surface area contributed by atoms with Crippen molar-refractivity contribution in [3.05, 3.63) is 24.0 Å². The maximum Gasteiger partial charge on any atom is 0.496 e. The molecular weight excluding hydrogens is 337 g/mol. The summed E-state index contributed by atoms with van der Waals surface area (Å²) >= 11 is 1.36. The molecule has 0 saturated carbocycles. The van der Waals surface area contributed by atoms with Crippen LogP contribution in [0.3, 0.4) is 0 Å². The van der Waals surface area contributed by atoms with Crippen LogP contribution in [0.1, 0.15) is 33.4 Å². The Labute approximate surface area is 145 Å². The molecule has 1 aromatic heterocycles. The molecule has 1 N–H and O–H groups in total. The molecular formula is C14H22BNO3S3. The molecule has 2 rings (SSSR count). The number of pyridine rings is 1. The fourth-order valence-corrected chi connectivity index (χ4v) is 5.20. The van der Waals surface area contributed by atoms with E-state index < -0.39 is 11.4 Å². The Balaban J connectivity index is 2.20. The molecule has 0 bridgehead atoms. The largest absolute Gasteiger partial charge is 0.496 e. The van der Waals surface area contributed by atoms with Gasteiger partial charge in [0.05, 0.1) is 16.9 Å². The van der Waals surface area contributed by atoms with E-state index in [1.54, 1.807) is 6.20 Å². The summed E-state index contributed by atoms with van der Waals surface area (Å²) in [7, 11) is 2.46. The van der Waals surface area contributed by atoms with Crippen molar-refractivity contribution >= 4 is 45.9 Å². The minimum absolute atomic E-state index is 0.370. The van der Waals surface area contributed by atoms with E-state index in [9.17, 15) is 5.11 Å². The molecule has 0 amide bonds. The van der Waals surface area contributed by atoms with Crippen molar-refractivity contribution in [3.63, 3.8) is 0 Å².